The Balaban J connectivity index is 2.26. The molecule has 104 valence electrons. The van der Waals surface area contributed by atoms with Gasteiger partial charge in [0.2, 0.25) is 0 Å². The SMILES string of the molecule is CC(C)c1ncc(N)c(C(=O)Nc2ccc(=O)[nH]n2)n1. The first-order valence-corrected chi connectivity index (χ1v) is 5.97. The van der Waals surface area contributed by atoms with E-state index in [0.717, 1.165) is 0 Å². The van der Waals surface area contributed by atoms with Gasteiger partial charge in [0.15, 0.2) is 11.5 Å². The maximum absolute atomic E-state index is 12.1. The molecule has 0 saturated carbocycles. The Bertz CT molecular complexity index is 674. The van der Waals surface area contributed by atoms with Gasteiger partial charge >= 0.3 is 0 Å². The second-order valence-electron chi connectivity index (χ2n) is 4.45. The molecule has 20 heavy (non-hydrogen) atoms. The van der Waals surface area contributed by atoms with Crippen molar-refractivity contribution in [3.8, 4) is 0 Å². The summed E-state index contributed by atoms with van der Waals surface area (Å²) in [5.41, 5.74) is 5.61. The van der Waals surface area contributed by atoms with Gasteiger partial charge in [0.25, 0.3) is 11.5 Å². The van der Waals surface area contributed by atoms with Crippen LogP contribution in [0.5, 0.6) is 0 Å². The fourth-order valence-electron chi connectivity index (χ4n) is 1.45. The molecule has 2 rings (SSSR count). The van der Waals surface area contributed by atoms with Crippen molar-refractivity contribution in [2.75, 3.05) is 11.1 Å². The number of amides is 1. The predicted octanol–water partition coefficient (Wildman–Crippen LogP) is 0.518. The Hall–Kier alpha value is -2.77. The zero-order valence-corrected chi connectivity index (χ0v) is 11.0. The van der Waals surface area contributed by atoms with Crippen LogP contribution in [0.3, 0.4) is 0 Å². The van der Waals surface area contributed by atoms with Crippen molar-refractivity contribution in [1.82, 2.24) is 20.2 Å². The molecule has 0 spiro atoms. The number of carbonyl (C=O) groups excluding carboxylic acids is 1. The molecule has 8 heteroatoms. The summed E-state index contributed by atoms with van der Waals surface area (Å²) < 4.78 is 0. The van der Waals surface area contributed by atoms with E-state index in [-0.39, 0.29) is 28.7 Å². The minimum Gasteiger partial charge on any atom is -0.396 e. The highest BCUT2D eigenvalue weighted by molar-refractivity contribution is 6.05. The molecule has 0 fully saturated rings. The van der Waals surface area contributed by atoms with Gasteiger partial charge in [-0.25, -0.2) is 15.1 Å². The quantitative estimate of drug-likeness (QED) is 0.748. The van der Waals surface area contributed by atoms with Crippen molar-refractivity contribution < 1.29 is 4.79 Å². The number of hydrogen-bond donors (Lipinski definition) is 3. The van der Waals surface area contributed by atoms with E-state index in [0.29, 0.717) is 5.82 Å². The third kappa shape index (κ3) is 2.97. The smallest absolute Gasteiger partial charge is 0.277 e. The Labute approximate surface area is 114 Å². The largest absolute Gasteiger partial charge is 0.396 e. The average Bonchev–Trinajstić information content (AvgIpc) is 2.41. The topological polar surface area (TPSA) is 127 Å². The molecule has 0 radical (unpaired) electrons. The van der Waals surface area contributed by atoms with Gasteiger partial charge in [-0.05, 0) is 6.07 Å². The summed E-state index contributed by atoms with van der Waals surface area (Å²) >= 11 is 0. The number of hydrogen-bond acceptors (Lipinski definition) is 6. The van der Waals surface area contributed by atoms with Crippen LogP contribution >= 0.6 is 0 Å². The van der Waals surface area contributed by atoms with Crippen LogP contribution in [0.15, 0.2) is 23.1 Å². The standard InChI is InChI=1S/C12H14N6O2/c1-6(2)11-14-5-7(13)10(16-11)12(20)15-8-3-4-9(19)18-17-8/h3-6H,13H2,1-2H3,(H,18,19)(H,15,17,20). The number of rotatable bonds is 3. The molecule has 0 saturated heterocycles. The molecular weight excluding hydrogens is 260 g/mol. The van der Waals surface area contributed by atoms with Crippen molar-refractivity contribution in [1.29, 1.82) is 0 Å². The van der Waals surface area contributed by atoms with Crippen LogP contribution in [0, 0.1) is 0 Å². The highest BCUT2D eigenvalue weighted by atomic mass is 16.2. The molecule has 2 aromatic rings. The minimum absolute atomic E-state index is 0.0772. The maximum atomic E-state index is 12.1. The predicted molar refractivity (Wildman–Crippen MR) is 73.3 cm³/mol. The van der Waals surface area contributed by atoms with Gasteiger partial charge in [0.05, 0.1) is 11.9 Å². The number of nitrogens with zero attached hydrogens (tertiary/aromatic N) is 3. The number of aromatic nitrogens is 4. The lowest BCUT2D eigenvalue weighted by Gasteiger charge is -2.08. The molecule has 1 amide bonds. The monoisotopic (exact) mass is 274 g/mol. The van der Waals surface area contributed by atoms with Crippen LogP contribution in [-0.4, -0.2) is 26.1 Å². The lowest BCUT2D eigenvalue weighted by molar-refractivity contribution is 0.102. The average molecular weight is 274 g/mol. The van der Waals surface area contributed by atoms with Gasteiger partial charge in [-0.2, -0.15) is 5.10 Å². The van der Waals surface area contributed by atoms with Crippen LogP contribution in [0.4, 0.5) is 11.5 Å². The van der Waals surface area contributed by atoms with Gasteiger partial charge in [0, 0.05) is 12.0 Å². The lowest BCUT2D eigenvalue weighted by atomic mass is 10.2. The Kier molecular flexibility index (Phi) is 3.74. The molecule has 0 aliphatic heterocycles. The van der Waals surface area contributed by atoms with E-state index in [1.165, 1.54) is 18.3 Å². The van der Waals surface area contributed by atoms with Gasteiger partial charge in [-0.1, -0.05) is 13.8 Å². The molecular formula is C12H14N6O2. The first-order chi connectivity index (χ1) is 9.47. The normalized spacial score (nSPS) is 10.6. The fraction of sp³-hybridized carbons (Fsp3) is 0.250. The number of anilines is 2. The third-order valence-electron chi connectivity index (χ3n) is 2.49. The second kappa shape index (κ2) is 5.47. The van der Waals surface area contributed by atoms with Crippen molar-refractivity contribution in [3.05, 3.63) is 40.2 Å². The molecule has 0 unspecified atom stereocenters. The van der Waals surface area contributed by atoms with E-state index in [1.54, 1.807) is 0 Å². The summed E-state index contributed by atoms with van der Waals surface area (Å²) in [6.07, 6.45) is 1.40. The lowest BCUT2D eigenvalue weighted by Crippen LogP contribution is -2.19. The van der Waals surface area contributed by atoms with Crippen molar-refractivity contribution in [2.24, 2.45) is 0 Å². The highest BCUT2D eigenvalue weighted by Crippen LogP contribution is 2.14. The molecule has 8 nitrogen and oxygen atoms in total. The zero-order chi connectivity index (χ0) is 14.7. The van der Waals surface area contributed by atoms with Crippen molar-refractivity contribution in [2.45, 2.75) is 19.8 Å². The van der Waals surface area contributed by atoms with E-state index < -0.39 is 5.91 Å². The van der Waals surface area contributed by atoms with E-state index in [2.05, 4.69) is 25.5 Å². The number of nitrogens with one attached hydrogen (secondary N) is 2. The summed E-state index contributed by atoms with van der Waals surface area (Å²) in [6, 6.07) is 2.64. The Morgan fingerprint density at radius 2 is 2.15 bits per heavy atom. The van der Waals surface area contributed by atoms with Crippen LogP contribution in [0.25, 0.3) is 0 Å². The molecule has 2 heterocycles. The molecule has 0 atom stereocenters. The molecule has 4 N–H and O–H groups in total. The molecule has 0 aromatic carbocycles. The first kappa shape index (κ1) is 13.7. The van der Waals surface area contributed by atoms with Crippen LogP contribution < -0.4 is 16.6 Å². The molecule has 0 aliphatic rings. The Morgan fingerprint density at radius 1 is 1.40 bits per heavy atom. The van der Waals surface area contributed by atoms with Gasteiger partial charge in [-0.15, -0.1) is 0 Å². The molecule has 0 aliphatic carbocycles. The summed E-state index contributed by atoms with van der Waals surface area (Å²) in [6.45, 7) is 3.83. The number of aromatic amines is 1. The number of nitrogens with two attached hydrogens (primary N) is 1. The van der Waals surface area contributed by atoms with E-state index >= 15 is 0 Å². The minimum atomic E-state index is -0.508. The van der Waals surface area contributed by atoms with Crippen LogP contribution in [-0.2, 0) is 0 Å². The van der Waals surface area contributed by atoms with Gasteiger partial charge in [0.1, 0.15) is 5.82 Å². The van der Waals surface area contributed by atoms with E-state index in [1.807, 2.05) is 13.8 Å². The van der Waals surface area contributed by atoms with Crippen LogP contribution in [0.2, 0.25) is 0 Å². The fourth-order valence-corrected chi connectivity index (χ4v) is 1.45. The number of carbonyl (C=O) groups is 1. The van der Waals surface area contributed by atoms with Crippen LogP contribution in [0.1, 0.15) is 36.1 Å². The zero-order valence-electron chi connectivity index (χ0n) is 11.0. The first-order valence-electron chi connectivity index (χ1n) is 5.97. The van der Waals surface area contributed by atoms with Gasteiger partial charge in [-0.3, -0.25) is 9.59 Å². The summed E-state index contributed by atoms with van der Waals surface area (Å²) in [5.74, 6) is 0.303. The number of H-pyrrole nitrogens is 1. The Morgan fingerprint density at radius 3 is 2.75 bits per heavy atom. The number of nitrogen functional groups attached to an aromatic ring is 1. The van der Waals surface area contributed by atoms with E-state index in [9.17, 15) is 9.59 Å². The van der Waals surface area contributed by atoms with Crippen molar-refractivity contribution >= 4 is 17.4 Å². The molecule has 2 aromatic heterocycles. The van der Waals surface area contributed by atoms with E-state index in [4.69, 9.17) is 5.73 Å². The maximum Gasteiger partial charge on any atom is 0.277 e. The summed E-state index contributed by atoms with van der Waals surface area (Å²) in [7, 11) is 0. The van der Waals surface area contributed by atoms with Crippen molar-refractivity contribution in [3.63, 3.8) is 0 Å². The third-order valence-corrected chi connectivity index (χ3v) is 2.49. The molecule has 0 bridgehead atoms. The summed E-state index contributed by atoms with van der Waals surface area (Å²) in [5, 5.41) is 8.40. The second-order valence-corrected chi connectivity index (χ2v) is 4.45. The van der Waals surface area contributed by atoms with Gasteiger partial charge < -0.3 is 11.1 Å². The highest BCUT2D eigenvalue weighted by Gasteiger charge is 2.15. The summed E-state index contributed by atoms with van der Waals surface area (Å²) in [4.78, 5) is 31.2.